The van der Waals surface area contributed by atoms with E-state index in [4.69, 9.17) is 5.73 Å². The van der Waals surface area contributed by atoms with Crippen molar-refractivity contribution in [1.82, 2.24) is 0 Å². The van der Waals surface area contributed by atoms with Gasteiger partial charge in [0.2, 0.25) is 5.91 Å². The highest BCUT2D eigenvalue weighted by atomic mass is 16.2. The molecule has 1 aromatic rings. The van der Waals surface area contributed by atoms with Gasteiger partial charge in [0, 0.05) is 12.0 Å². The number of amides is 1. The molecule has 14 heavy (non-hydrogen) atoms. The molecule has 0 spiro atoms. The fourth-order valence-corrected chi connectivity index (χ4v) is 1.46. The number of carbonyl (C=O) groups is 2. The summed E-state index contributed by atoms with van der Waals surface area (Å²) in [5.41, 5.74) is 6.60. The molecule has 2 rings (SSSR count). The minimum absolute atomic E-state index is 0.0723. The highest BCUT2D eigenvalue weighted by molar-refractivity contribution is 6.11. The lowest BCUT2D eigenvalue weighted by Gasteiger charge is -2.05. The first-order valence-corrected chi connectivity index (χ1v) is 4.37. The highest BCUT2D eigenvalue weighted by Crippen LogP contribution is 2.20. The molecule has 0 aliphatic carbocycles. The molecule has 0 fully saturated rings. The summed E-state index contributed by atoms with van der Waals surface area (Å²) in [7, 11) is 0. The third kappa shape index (κ3) is 1.40. The summed E-state index contributed by atoms with van der Waals surface area (Å²) in [6, 6.07) is 6.18. The molecule has 1 aromatic carbocycles. The summed E-state index contributed by atoms with van der Waals surface area (Å²) in [5, 5.41) is 2.62. The lowest BCUT2D eigenvalue weighted by molar-refractivity contribution is -0.117. The molecule has 72 valence electrons. The maximum Gasteiger partial charge on any atom is 0.241 e. The Hall–Kier alpha value is -1.68. The second-order valence-electron chi connectivity index (χ2n) is 3.27. The van der Waals surface area contributed by atoms with Crippen molar-refractivity contribution in [3.63, 3.8) is 0 Å². The van der Waals surface area contributed by atoms with E-state index < -0.39 is 6.04 Å². The van der Waals surface area contributed by atoms with Gasteiger partial charge in [-0.2, -0.15) is 0 Å². The van der Waals surface area contributed by atoms with Crippen LogP contribution in [0.1, 0.15) is 16.8 Å². The van der Waals surface area contributed by atoms with Gasteiger partial charge in [0.05, 0.1) is 11.7 Å². The lowest BCUT2D eigenvalue weighted by Crippen LogP contribution is -2.35. The van der Waals surface area contributed by atoms with Crippen LogP contribution >= 0.6 is 0 Å². The molecule has 1 atom stereocenters. The van der Waals surface area contributed by atoms with E-state index >= 15 is 0 Å². The van der Waals surface area contributed by atoms with Gasteiger partial charge in [0.25, 0.3) is 0 Å². The zero-order valence-corrected chi connectivity index (χ0v) is 7.49. The van der Waals surface area contributed by atoms with Crippen molar-refractivity contribution < 1.29 is 9.59 Å². The number of benzene rings is 1. The standard InChI is InChI=1S/C10H10N2O2/c11-7-5-9(13)6-3-1-2-4-8(6)12-10(7)14/h1-4,7H,5,11H2,(H,12,14). The van der Waals surface area contributed by atoms with Crippen molar-refractivity contribution in [2.24, 2.45) is 5.73 Å². The molecule has 0 saturated carbocycles. The molecule has 1 unspecified atom stereocenters. The van der Waals surface area contributed by atoms with Crippen LogP contribution in [0.3, 0.4) is 0 Å². The van der Waals surface area contributed by atoms with Gasteiger partial charge in [0.1, 0.15) is 0 Å². The minimum atomic E-state index is -0.741. The number of fused-ring (bicyclic) bond motifs is 1. The quantitative estimate of drug-likeness (QED) is 0.627. The Kier molecular flexibility index (Phi) is 2.05. The molecule has 0 saturated heterocycles. The van der Waals surface area contributed by atoms with Crippen LogP contribution in [-0.4, -0.2) is 17.7 Å². The Bertz CT molecular complexity index is 401. The molecule has 1 heterocycles. The van der Waals surface area contributed by atoms with Gasteiger partial charge in [-0.3, -0.25) is 9.59 Å². The Morgan fingerprint density at radius 3 is 2.79 bits per heavy atom. The zero-order chi connectivity index (χ0) is 10.1. The first-order valence-electron chi connectivity index (χ1n) is 4.37. The van der Waals surface area contributed by atoms with Gasteiger partial charge in [0.15, 0.2) is 5.78 Å². The summed E-state index contributed by atoms with van der Waals surface area (Å²) in [5.74, 6) is -0.394. The third-order valence-electron chi connectivity index (χ3n) is 2.23. The number of para-hydroxylation sites is 1. The molecule has 1 aliphatic rings. The largest absolute Gasteiger partial charge is 0.324 e. The van der Waals surface area contributed by atoms with Gasteiger partial charge in [-0.05, 0) is 12.1 Å². The predicted molar refractivity (Wildman–Crippen MR) is 52.0 cm³/mol. The molecule has 0 aromatic heterocycles. The summed E-state index contributed by atoms with van der Waals surface area (Å²) >= 11 is 0. The second-order valence-corrected chi connectivity index (χ2v) is 3.27. The van der Waals surface area contributed by atoms with E-state index in [0.29, 0.717) is 11.3 Å². The Labute approximate surface area is 81.1 Å². The maximum absolute atomic E-state index is 11.6. The number of ketones is 1. The SMILES string of the molecule is NC1CC(=O)c2ccccc2NC1=O. The second kappa shape index (κ2) is 3.23. The van der Waals surface area contributed by atoms with E-state index in [1.165, 1.54) is 0 Å². The number of nitrogens with two attached hydrogens (primary N) is 1. The van der Waals surface area contributed by atoms with Gasteiger partial charge < -0.3 is 11.1 Å². The van der Waals surface area contributed by atoms with E-state index in [1.54, 1.807) is 24.3 Å². The van der Waals surface area contributed by atoms with E-state index in [9.17, 15) is 9.59 Å². The van der Waals surface area contributed by atoms with Crippen LogP contribution in [0.2, 0.25) is 0 Å². The third-order valence-corrected chi connectivity index (χ3v) is 2.23. The molecular formula is C10H10N2O2. The van der Waals surface area contributed by atoms with E-state index in [0.717, 1.165) is 0 Å². The van der Waals surface area contributed by atoms with E-state index in [1.807, 2.05) is 0 Å². The van der Waals surface area contributed by atoms with Crippen molar-refractivity contribution in [3.05, 3.63) is 29.8 Å². The van der Waals surface area contributed by atoms with Gasteiger partial charge in [-0.25, -0.2) is 0 Å². The average molecular weight is 190 g/mol. The van der Waals surface area contributed by atoms with Crippen molar-refractivity contribution in [3.8, 4) is 0 Å². The number of nitrogens with one attached hydrogen (secondary N) is 1. The first-order chi connectivity index (χ1) is 6.68. The number of hydrogen-bond acceptors (Lipinski definition) is 3. The monoisotopic (exact) mass is 190 g/mol. The summed E-state index contributed by atoms with van der Waals surface area (Å²) in [6.07, 6.45) is 0.0723. The van der Waals surface area contributed by atoms with Crippen molar-refractivity contribution in [2.45, 2.75) is 12.5 Å². The Morgan fingerprint density at radius 1 is 1.29 bits per heavy atom. The first kappa shape index (κ1) is 8.90. The molecule has 4 heteroatoms. The van der Waals surface area contributed by atoms with Crippen LogP contribution < -0.4 is 11.1 Å². The lowest BCUT2D eigenvalue weighted by atomic mass is 10.1. The van der Waals surface area contributed by atoms with Gasteiger partial charge >= 0.3 is 0 Å². The fourth-order valence-electron chi connectivity index (χ4n) is 1.46. The zero-order valence-electron chi connectivity index (χ0n) is 7.49. The Balaban J connectivity index is 2.48. The van der Waals surface area contributed by atoms with Crippen LogP contribution in [-0.2, 0) is 4.79 Å². The van der Waals surface area contributed by atoms with Crippen molar-refractivity contribution in [1.29, 1.82) is 0 Å². The van der Waals surface area contributed by atoms with Gasteiger partial charge in [-0.1, -0.05) is 12.1 Å². The summed E-state index contributed by atoms with van der Waals surface area (Å²) in [4.78, 5) is 22.9. The number of carbonyl (C=O) groups excluding carboxylic acids is 2. The van der Waals surface area contributed by atoms with Crippen LogP contribution in [0, 0.1) is 0 Å². The number of Topliss-reactive ketones (excluding diaryl/α,β-unsaturated/α-hetero) is 1. The average Bonchev–Trinajstić information content (AvgIpc) is 2.27. The number of hydrogen-bond donors (Lipinski definition) is 2. The summed E-state index contributed by atoms with van der Waals surface area (Å²) in [6.45, 7) is 0. The smallest absolute Gasteiger partial charge is 0.241 e. The maximum atomic E-state index is 11.6. The molecule has 1 aliphatic heterocycles. The molecular weight excluding hydrogens is 180 g/mol. The predicted octanol–water partition coefficient (Wildman–Crippen LogP) is 0.539. The molecule has 0 bridgehead atoms. The molecule has 3 N–H and O–H groups in total. The van der Waals surface area contributed by atoms with Crippen LogP contribution in [0.15, 0.2) is 24.3 Å². The van der Waals surface area contributed by atoms with Gasteiger partial charge in [-0.15, -0.1) is 0 Å². The van der Waals surface area contributed by atoms with Crippen molar-refractivity contribution >= 4 is 17.4 Å². The van der Waals surface area contributed by atoms with Crippen LogP contribution in [0.5, 0.6) is 0 Å². The summed E-state index contributed by atoms with van der Waals surface area (Å²) < 4.78 is 0. The molecule has 4 nitrogen and oxygen atoms in total. The topological polar surface area (TPSA) is 72.2 Å². The van der Waals surface area contributed by atoms with E-state index in [-0.39, 0.29) is 18.1 Å². The Morgan fingerprint density at radius 2 is 2.00 bits per heavy atom. The number of rotatable bonds is 0. The molecule has 0 radical (unpaired) electrons. The number of anilines is 1. The van der Waals surface area contributed by atoms with E-state index in [2.05, 4.69) is 5.32 Å². The fraction of sp³-hybridized carbons (Fsp3) is 0.200. The van der Waals surface area contributed by atoms with Crippen LogP contribution in [0.4, 0.5) is 5.69 Å². The highest BCUT2D eigenvalue weighted by Gasteiger charge is 2.25. The van der Waals surface area contributed by atoms with Crippen molar-refractivity contribution in [2.75, 3.05) is 5.32 Å². The van der Waals surface area contributed by atoms with Crippen LogP contribution in [0.25, 0.3) is 0 Å². The normalized spacial score (nSPS) is 21.1. The molecule has 1 amide bonds. The minimum Gasteiger partial charge on any atom is -0.324 e.